The first-order chi connectivity index (χ1) is 15.2. The third-order valence-electron chi connectivity index (χ3n) is 5.67. The largest absolute Gasteiger partial charge is 0.346 e. The molecule has 3 aromatic rings. The van der Waals surface area contributed by atoms with Gasteiger partial charge in [-0.1, -0.05) is 30.3 Å². The topological polar surface area (TPSA) is 85.3 Å². The van der Waals surface area contributed by atoms with Gasteiger partial charge < -0.3 is 10.6 Å². The molecule has 0 unspecified atom stereocenters. The van der Waals surface area contributed by atoms with Crippen LogP contribution in [0.1, 0.15) is 29.3 Å². The Balaban J connectivity index is 1.60. The van der Waals surface area contributed by atoms with Crippen molar-refractivity contribution in [2.24, 2.45) is 0 Å². The first-order valence-electron chi connectivity index (χ1n) is 10.2. The van der Waals surface area contributed by atoms with E-state index in [1.54, 1.807) is 25.2 Å². The molecule has 6 nitrogen and oxygen atoms in total. The summed E-state index contributed by atoms with van der Waals surface area (Å²) in [6.45, 7) is 1.90. The zero-order valence-electron chi connectivity index (χ0n) is 17.8. The van der Waals surface area contributed by atoms with E-state index in [4.69, 9.17) is 5.41 Å². The number of nitrogens with one attached hydrogen (secondary N) is 3. The molecule has 32 heavy (non-hydrogen) atoms. The summed E-state index contributed by atoms with van der Waals surface area (Å²) >= 11 is 0. The van der Waals surface area contributed by atoms with Gasteiger partial charge in [-0.25, -0.2) is 4.39 Å². The van der Waals surface area contributed by atoms with Gasteiger partial charge in [0.15, 0.2) is 5.96 Å². The van der Waals surface area contributed by atoms with Crippen LogP contribution in [0.4, 0.5) is 10.1 Å². The van der Waals surface area contributed by atoms with E-state index in [2.05, 4.69) is 10.6 Å². The van der Waals surface area contributed by atoms with Gasteiger partial charge in [-0.2, -0.15) is 0 Å². The van der Waals surface area contributed by atoms with Crippen molar-refractivity contribution < 1.29 is 14.0 Å². The molecule has 1 aliphatic heterocycles. The Labute approximate surface area is 185 Å². The summed E-state index contributed by atoms with van der Waals surface area (Å²) in [6.07, 6.45) is 0.232. The molecule has 1 heterocycles. The summed E-state index contributed by atoms with van der Waals surface area (Å²) in [7, 11) is 1.58. The summed E-state index contributed by atoms with van der Waals surface area (Å²) in [5.74, 6) is -0.721. The molecule has 0 spiro atoms. The zero-order chi connectivity index (χ0) is 22.9. The van der Waals surface area contributed by atoms with Crippen molar-refractivity contribution in [1.29, 1.82) is 5.41 Å². The van der Waals surface area contributed by atoms with E-state index in [0.29, 0.717) is 11.3 Å². The molecule has 2 amide bonds. The minimum Gasteiger partial charge on any atom is -0.346 e. The van der Waals surface area contributed by atoms with Crippen molar-refractivity contribution in [2.45, 2.75) is 18.9 Å². The number of anilines is 1. The molecule has 3 N–H and O–H groups in total. The van der Waals surface area contributed by atoms with Gasteiger partial charge in [-0.05, 0) is 66.1 Å². The van der Waals surface area contributed by atoms with Crippen LogP contribution >= 0.6 is 0 Å². The van der Waals surface area contributed by atoms with Crippen LogP contribution in [0.25, 0.3) is 11.1 Å². The van der Waals surface area contributed by atoms with Crippen molar-refractivity contribution in [3.63, 3.8) is 0 Å². The van der Waals surface area contributed by atoms with Crippen molar-refractivity contribution in [3.05, 3.63) is 89.7 Å². The number of carbonyl (C=O) groups excluding carboxylic acids is 2. The van der Waals surface area contributed by atoms with Crippen molar-refractivity contribution >= 4 is 23.5 Å². The van der Waals surface area contributed by atoms with Gasteiger partial charge in [0.1, 0.15) is 5.82 Å². The molecular formula is C25H23FN4O2. The van der Waals surface area contributed by atoms with E-state index in [0.717, 1.165) is 16.7 Å². The van der Waals surface area contributed by atoms with E-state index in [1.165, 1.54) is 29.2 Å². The fourth-order valence-corrected chi connectivity index (χ4v) is 3.73. The third kappa shape index (κ3) is 4.23. The number of hydrogen-bond donors (Lipinski definition) is 3. The lowest BCUT2D eigenvalue weighted by Gasteiger charge is -2.39. The van der Waals surface area contributed by atoms with E-state index in [9.17, 15) is 14.0 Å². The SMILES string of the molecule is CN1C(=N)N[C@](C)(c2cccc(-c3cccc(C(=O)Nc4ccc(F)cc4)c3)c2)CC1=O. The number of halogens is 1. The van der Waals surface area contributed by atoms with Gasteiger partial charge >= 0.3 is 0 Å². The monoisotopic (exact) mass is 430 g/mol. The zero-order valence-corrected chi connectivity index (χ0v) is 17.8. The maximum Gasteiger partial charge on any atom is 0.255 e. The van der Waals surface area contributed by atoms with Crippen LogP contribution in [0, 0.1) is 11.2 Å². The van der Waals surface area contributed by atoms with E-state index in [-0.39, 0.29) is 30.0 Å². The second-order valence-electron chi connectivity index (χ2n) is 8.06. The second kappa shape index (κ2) is 8.26. The molecule has 0 aliphatic carbocycles. The minimum atomic E-state index is -0.700. The molecule has 1 fully saturated rings. The predicted octanol–water partition coefficient (Wildman–Crippen LogP) is 4.35. The molecular weight excluding hydrogens is 407 g/mol. The van der Waals surface area contributed by atoms with Gasteiger partial charge in [-0.3, -0.25) is 19.9 Å². The van der Waals surface area contributed by atoms with Crippen LogP contribution in [-0.4, -0.2) is 29.7 Å². The summed E-state index contributed by atoms with van der Waals surface area (Å²) in [4.78, 5) is 26.3. The summed E-state index contributed by atoms with van der Waals surface area (Å²) < 4.78 is 13.1. The van der Waals surface area contributed by atoms with Gasteiger partial charge in [-0.15, -0.1) is 0 Å². The summed E-state index contributed by atoms with van der Waals surface area (Å²) in [6, 6.07) is 20.5. The highest BCUT2D eigenvalue weighted by molar-refractivity contribution is 6.05. The van der Waals surface area contributed by atoms with Gasteiger partial charge in [0.05, 0.1) is 12.0 Å². The molecule has 1 atom stereocenters. The Morgan fingerprint density at radius 3 is 2.41 bits per heavy atom. The molecule has 162 valence electrons. The van der Waals surface area contributed by atoms with Crippen molar-refractivity contribution in [1.82, 2.24) is 10.2 Å². The number of nitrogens with zero attached hydrogens (tertiary/aromatic N) is 1. The smallest absolute Gasteiger partial charge is 0.255 e. The summed E-state index contributed by atoms with van der Waals surface area (Å²) in [5.41, 5.74) is 2.89. The van der Waals surface area contributed by atoms with Gasteiger partial charge in [0, 0.05) is 18.3 Å². The lowest BCUT2D eigenvalue weighted by atomic mass is 9.85. The average molecular weight is 430 g/mol. The van der Waals surface area contributed by atoms with Crippen LogP contribution in [0.15, 0.2) is 72.8 Å². The second-order valence-corrected chi connectivity index (χ2v) is 8.06. The van der Waals surface area contributed by atoms with Crippen LogP contribution in [0.2, 0.25) is 0 Å². The van der Waals surface area contributed by atoms with Crippen molar-refractivity contribution in [3.8, 4) is 11.1 Å². The highest BCUT2D eigenvalue weighted by atomic mass is 19.1. The Kier molecular flexibility index (Phi) is 5.48. The molecule has 3 aromatic carbocycles. The molecule has 0 saturated carbocycles. The fraction of sp³-hybridized carbons (Fsp3) is 0.160. The molecule has 0 bridgehead atoms. The average Bonchev–Trinajstić information content (AvgIpc) is 2.79. The Morgan fingerprint density at radius 1 is 1.06 bits per heavy atom. The van der Waals surface area contributed by atoms with Crippen LogP contribution in [-0.2, 0) is 10.3 Å². The minimum absolute atomic E-state index is 0.0635. The van der Waals surface area contributed by atoms with Crippen LogP contribution in [0.5, 0.6) is 0 Å². The quantitative estimate of drug-likeness (QED) is 0.575. The first kappa shape index (κ1) is 21.2. The number of benzene rings is 3. The van der Waals surface area contributed by atoms with Crippen LogP contribution in [0.3, 0.4) is 0 Å². The molecule has 0 aromatic heterocycles. The lowest BCUT2D eigenvalue weighted by Crippen LogP contribution is -2.58. The Morgan fingerprint density at radius 2 is 1.72 bits per heavy atom. The van der Waals surface area contributed by atoms with Crippen molar-refractivity contribution in [2.75, 3.05) is 12.4 Å². The van der Waals surface area contributed by atoms with Gasteiger partial charge in [0.2, 0.25) is 5.91 Å². The molecule has 7 heteroatoms. The van der Waals surface area contributed by atoms with E-state index < -0.39 is 5.54 Å². The number of rotatable bonds is 4. The standard InChI is InChI=1S/C25H23FN4O2/c1-25(15-22(31)30(2)24(27)29-25)19-8-4-6-17(14-19)16-5-3-7-18(13-16)23(32)28-21-11-9-20(26)10-12-21/h3-14H,15H2,1-2H3,(H2,27,29)(H,28,32)/t25-/m0/s1. The number of carbonyl (C=O) groups is 2. The summed E-state index contributed by atoms with van der Waals surface area (Å²) in [5, 5.41) is 13.9. The highest BCUT2D eigenvalue weighted by Gasteiger charge is 2.37. The fourth-order valence-electron chi connectivity index (χ4n) is 3.73. The molecule has 0 radical (unpaired) electrons. The number of amides is 2. The maximum atomic E-state index is 13.1. The lowest BCUT2D eigenvalue weighted by molar-refractivity contribution is -0.129. The number of guanidine groups is 1. The Hall–Kier alpha value is -4.00. The molecule has 4 rings (SSSR count). The van der Waals surface area contributed by atoms with E-state index in [1.807, 2.05) is 37.3 Å². The highest BCUT2D eigenvalue weighted by Crippen LogP contribution is 2.32. The third-order valence-corrected chi connectivity index (χ3v) is 5.67. The number of hydrogen-bond acceptors (Lipinski definition) is 3. The normalized spacial score (nSPS) is 18.3. The van der Waals surface area contributed by atoms with Gasteiger partial charge in [0.25, 0.3) is 5.91 Å². The molecule has 1 saturated heterocycles. The maximum absolute atomic E-state index is 13.1. The predicted molar refractivity (Wildman–Crippen MR) is 122 cm³/mol. The molecule has 1 aliphatic rings. The Bertz CT molecular complexity index is 1190. The van der Waals surface area contributed by atoms with E-state index >= 15 is 0 Å². The first-order valence-corrected chi connectivity index (χ1v) is 10.2. The van der Waals surface area contributed by atoms with Crippen LogP contribution < -0.4 is 10.6 Å².